The number of halogens is 1. The third kappa shape index (κ3) is 5.44. The molecule has 1 unspecified atom stereocenters. The minimum Gasteiger partial charge on any atom is -0.351 e. The number of nitrogens with zero attached hydrogens (tertiary/aromatic N) is 2. The first-order valence-corrected chi connectivity index (χ1v) is 11.7. The van der Waals surface area contributed by atoms with Gasteiger partial charge in [-0.05, 0) is 36.0 Å². The van der Waals surface area contributed by atoms with Crippen LogP contribution in [0.25, 0.3) is 0 Å². The Morgan fingerprint density at radius 3 is 2.31 bits per heavy atom. The van der Waals surface area contributed by atoms with Gasteiger partial charge in [-0.3, -0.25) is 14.5 Å². The van der Waals surface area contributed by atoms with Crippen molar-refractivity contribution in [1.29, 1.82) is 0 Å². The van der Waals surface area contributed by atoms with E-state index in [-0.39, 0.29) is 28.9 Å². The van der Waals surface area contributed by atoms with Crippen LogP contribution in [-0.2, 0) is 22.1 Å². The summed E-state index contributed by atoms with van der Waals surface area (Å²) in [4.78, 5) is 42.8. The molecule has 0 saturated heterocycles. The van der Waals surface area contributed by atoms with Crippen molar-refractivity contribution in [3.8, 4) is 0 Å². The number of anilines is 1. The number of aromatic amines is 1. The monoisotopic (exact) mass is 460 g/mol. The van der Waals surface area contributed by atoms with Gasteiger partial charge in [0.1, 0.15) is 5.88 Å². The topological polar surface area (TPSA) is 87.2 Å². The molecule has 0 bridgehead atoms. The van der Waals surface area contributed by atoms with Crippen molar-refractivity contribution in [3.63, 3.8) is 0 Å². The van der Waals surface area contributed by atoms with E-state index in [0.717, 1.165) is 31.2 Å². The molecule has 2 N–H and O–H groups in total. The lowest BCUT2D eigenvalue weighted by Gasteiger charge is -2.32. The van der Waals surface area contributed by atoms with E-state index in [1.807, 2.05) is 24.3 Å². The molecule has 1 atom stereocenters. The fourth-order valence-corrected chi connectivity index (χ4v) is 4.33. The molecule has 1 aromatic heterocycles. The van der Waals surface area contributed by atoms with E-state index in [9.17, 15) is 14.4 Å². The number of benzene rings is 1. The van der Waals surface area contributed by atoms with Gasteiger partial charge in [0.05, 0.1) is 5.69 Å². The van der Waals surface area contributed by atoms with Gasteiger partial charge in [0.15, 0.2) is 6.04 Å². The normalized spacial score (nSPS) is 15.9. The van der Waals surface area contributed by atoms with Crippen LogP contribution in [0.3, 0.4) is 0 Å². The lowest BCUT2D eigenvalue weighted by atomic mass is 9.87. The average Bonchev–Trinajstić information content (AvgIpc) is 3.09. The molecule has 0 radical (unpaired) electrons. The molecule has 1 heterocycles. The first-order chi connectivity index (χ1) is 15.1. The Kier molecular flexibility index (Phi) is 7.49. The number of carbonyl (C=O) groups excluding carboxylic acids is 2. The molecule has 1 saturated carbocycles. The molecule has 1 fully saturated rings. The summed E-state index contributed by atoms with van der Waals surface area (Å²) >= 11 is 5.97. The maximum Gasteiger partial charge on any atom is 0.325 e. The van der Waals surface area contributed by atoms with Crippen LogP contribution in [0.4, 0.5) is 5.69 Å². The molecule has 0 aliphatic heterocycles. The second kappa shape index (κ2) is 9.94. The van der Waals surface area contributed by atoms with Crippen molar-refractivity contribution in [1.82, 2.24) is 14.9 Å². The Morgan fingerprint density at radius 2 is 1.81 bits per heavy atom. The summed E-state index contributed by atoms with van der Waals surface area (Å²) in [5.74, 6) is -1.02. The molecule has 32 heavy (non-hydrogen) atoms. The first-order valence-electron chi connectivity index (χ1n) is 11.2. The molecular formula is C24H33ClN4O3. The van der Waals surface area contributed by atoms with Crippen molar-refractivity contribution in [2.45, 2.75) is 70.4 Å². The van der Waals surface area contributed by atoms with E-state index in [1.54, 1.807) is 13.2 Å². The molecule has 1 aromatic carbocycles. The molecule has 1 aliphatic rings. The highest BCUT2D eigenvalue weighted by molar-refractivity contribution is 6.29. The van der Waals surface area contributed by atoms with Crippen LogP contribution in [0.5, 0.6) is 0 Å². The number of alkyl halides is 1. The quantitative estimate of drug-likeness (QED) is 0.643. The molecule has 8 heteroatoms. The van der Waals surface area contributed by atoms with Gasteiger partial charge in [0, 0.05) is 25.0 Å². The van der Waals surface area contributed by atoms with Crippen LogP contribution in [-0.4, -0.2) is 33.3 Å². The standard InChI is InChI=1S/C24H33ClN4O3/c1-24(2,3)16-10-12-18(13-11-16)29(20(30)14-25)21(19-15-28(4)23(32)27-19)22(31)26-17-8-6-5-7-9-17/h10-13,15,17,21H,5-9,14H2,1-4H3,(H,26,31)(H,27,32). The van der Waals surface area contributed by atoms with Crippen LogP contribution in [0.15, 0.2) is 35.3 Å². The predicted molar refractivity (Wildman–Crippen MR) is 127 cm³/mol. The Morgan fingerprint density at radius 1 is 1.19 bits per heavy atom. The Bertz CT molecular complexity index is 997. The molecule has 2 amide bonds. The minimum atomic E-state index is -1.03. The maximum atomic E-state index is 13.5. The summed E-state index contributed by atoms with van der Waals surface area (Å²) in [5.41, 5.74) is 1.61. The number of aromatic nitrogens is 2. The second-order valence-electron chi connectivity index (χ2n) is 9.57. The molecule has 7 nitrogen and oxygen atoms in total. The van der Waals surface area contributed by atoms with Gasteiger partial charge < -0.3 is 14.9 Å². The summed E-state index contributed by atoms with van der Waals surface area (Å²) in [5, 5.41) is 3.10. The predicted octanol–water partition coefficient (Wildman–Crippen LogP) is 3.77. The highest BCUT2D eigenvalue weighted by atomic mass is 35.5. The van der Waals surface area contributed by atoms with Gasteiger partial charge in [-0.1, -0.05) is 52.2 Å². The number of hydrogen-bond acceptors (Lipinski definition) is 3. The minimum absolute atomic E-state index is 0.0533. The van der Waals surface area contributed by atoms with Crippen molar-refractivity contribution in [2.75, 3.05) is 10.8 Å². The molecule has 3 rings (SSSR count). The second-order valence-corrected chi connectivity index (χ2v) is 9.83. The zero-order valence-corrected chi connectivity index (χ0v) is 20.0. The van der Waals surface area contributed by atoms with E-state index >= 15 is 0 Å². The smallest absolute Gasteiger partial charge is 0.325 e. The van der Waals surface area contributed by atoms with Gasteiger partial charge >= 0.3 is 5.69 Å². The number of nitrogens with one attached hydrogen (secondary N) is 2. The Labute approximate surface area is 194 Å². The largest absolute Gasteiger partial charge is 0.351 e. The zero-order valence-electron chi connectivity index (χ0n) is 19.3. The average molecular weight is 461 g/mol. The number of H-pyrrole nitrogens is 1. The number of rotatable bonds is 6. The number of hydrogen-bond donors (Lipinski definition) is 2. The molecule has 1 aliphatic carbocycles. The van der Waals surface area contributed by atoms with Gasteiger partial charge in [-0.25, -0.2) is 4.79 Å². The Balaban J connectivity index is 2.03. The number of imidazole rings is 1. The summed E-state index contributed by atoms with van der Waals surface area (Å²) in [7, 11) is 1.60. The molecular weight excluding hydrogens is 428 g/mol. The highest BCUT2D eigenvalue weighted by Crippen LogP contribution is 2.31. The lowest BCUT2D eigenvalue weighted by Crippen LogP contribution is -2.48. The summed E-state index contributed by atoms with van der Waals surface area (Å²) in [6.45, 7) is 6.33. The van der Waals surface area contributed by atoms with Crippen LogP contribution in [0.2, 0.25) is 0 Å². The van der Waals surface area contributed by atoms with Crippen molar-refractivity contribution in [3.05, 3.63) is 52.2 Å². The SMILES string of the molecule is Cn1cc(C(C(=O)NC2CCCCC2)N(C(=O)CCl)c2ccc(C(C)(C)C)cc2)[nH]c1=O. The van der Waals surface area contributed by atoms with Crippen LogP contribution >= 0.6 is 11.6 Å². The van der Waals surface area contributed by atoms with Crippen molar-refractivity contribution < 1.29 is 9.59 Å². The van der Waals surface area contributed by atoms with E-state index in [2.05, 4.69) is 31.1 Å². The fraction of sp³-hybridized carbons (Fsp3) is 0.542. The Hall–Kier alpha value is -2.54. The van der Waals surface area contributed by atoms with E-state index < -0.39 is 11.9 Å². The van der Waals surface area contributed by atoms with Crippen LogP contribution < -0.4 is 15.9 Å². The van der Waals surface area contributed by atoms with Gasteiger partial charge in [0.2, 0.25) is 11.8 Å². The number of amides is 2. The van der Waals surface area contributed by atoms with Crippen LogP contribution in [0, 0.1) is 0 Å². The summed E-state index contributed by atoms with van der Waals surface area (Å²) < 4.78 is 1.36. The number of carbonyl (C=O) groups is 2. The van der Waals surface area contributed by atoms with Gasteiger partial charge in [0.25, 0.3) is 0 Å². The van der Waals surface area contributed by atoms with Crippen LogP contribution in [0.1, 0.15) is 70.2 Å². The van der Waals surface area contributed by atoms with Crippen molar-refractivity contribution >= 4 is 29.1 Å². The van der Waals surface area contributed by atoms with E-state index in [4.69, 9.17) is 11.6 Å². The first kappa shape index (κ1) is 24.1. The van der Waals surface area contributed by atoms with Gasteiger partial charge in [-0.2, -0.15) is 0 Å². The van der Waals surface area contributed by atoms with Gasteiger partial charge in [-0.15, -0.1) is 11.6 Å². The maximum absolute atomic E-state index is 13.5. The molecule has 2 aromatic rings. The summed E-state index contributed by atoms with van der Waals surface area (Å²) in [6.07, 6.45) is 6.68. The highest BCUT2D eigenvalue weighted by Gasteiger charge is 2.35. The lowest BCUT2D eigenvalue weighted by molar-refractivity contribution is -0.126. The third-order valence-electron chi connectivity index (χ3n) is 6.05. The fourth-order valence-electron chi connectivity index (χ4n) is 4.20. The van der Waals surface area contributed by atoms with E-state index in [0.29, 0.717) is 11.4 Å². The summed E-state index contributed by atoms with van der Waals surface area (Å²) in [6, 6.07) is 6.59. The number of aryl methyl sites for hydroxylation is 1. The zero-order chi connectivity index (χ0) is 23.5. The molecule has 0 spiro atoms. The molecule has 174 valence electrons. The van der Waals surface area contributed by atoms with Crippen molar-refractivity contribution in [2.24, 2.45) is 7.05 Å². The van der Waals surface area contributed by atoms with E-state index in [1.165, 1.54) is 15.9 Å². The third-order valence-corrected chi connectivity index (χ3v) is 6.28.